The highest BCUT2D eigenvalue weighted by atomic mass is 35.5. The van der Waals surface area contributed by atoms with Crippen molar-refractivity contribution in [2.45, 2.75) is 37.6 Å². The molecule has 3 nitrogen and oxygen atoms in total. The van der Waals surface area contributed by atoms with Gasteiger partial charge in [0.2, 0.25) is 0 Å². The average Bonchev–Trinajstić information content (AvgIpc) is 2.72. The maximum Gasteiger partial charge on any atom is 0.111 e. The number of nitrogens with one attached hydrogen (secondary N) is 1. The van der Waals surface area contributed by atoms with E-state index in [0.29, 0.717) is 5.92 Å². The molecule has 1 heterocycles. The highest BCUT2D eigenvalue weighted by Gasteiger charge is 2.25. The summed E-state index contributed by atoms with van der Waals surface area (Å²) in [6, 6.07) is 5.98. The average molecular weight is 250 g/mol. The van der Waals surface area contributed by atoms with Gasteiger partial charge < -0.3 is 10.7 Å². The lowest BCUT2D eigenvalue weighted by molar-refractivity contribution is 0.375. The van der Waals surface area contributed by atoms with E-state index in [-0.39, 0.29) is 6.04 Å². The third kappa shape index (κ3) is 2.05. The van der Waals surface area contributed by atoms with Gasteiger partial charge in [-0.2, -0.15) is 0 Å². The smallest absolute Gasteiger partial charge is 0.111 e. The summed E-state index contributed by atoms with van der Waals surface area (Å²) in [5.41, 5.74) is 8.16. The zero-order chi connectivity index (χ0) is 11.8. The van der Waals surface area contributed by atoms with Gasteiger partial charge in [0.25, 0.3) is 0 Å². The summed E-state index contributed by atoms with van der Waals surface area (Å²) in [5, 5.41) is 0.737. The monoisotopic (exact) mass is 249 g/mol. The number of aromatic amines is 1. The van der Waals surface area contributed by atoms with Crippen LogP contribution < -0.4 is 5.73 Å². The summed E-state index contributed by atoms with van der Waals surface area (Å²) in [4.78, 5) is 7.99. The number of rotatable bonds is 1. The molecule has 0 bridgehead atoms. The lowest BCUT2D eigenvalue weighted by atomic mass is 9.84. The van der Waals surface area contributed by atoms with E-state index >= 15 is 0 Å². The molecule has 4 heteroatoms. The van der Waals surface area contributed by atoms with E-state index in [1.165, 1.54) is 12.8 Å². The van der Waals surface area contributed by atoms with Gasteiger partial charge in [-0.05, 0) is 31.0 Å². The highest BCUT2D eigenvalue weighted by molar-refractivity contribution is 6.31. The van der Waals surface area contributed by atoms with E-state index < -0.39 is 0 Å². The second kappa shape index (κ2) is 4.31. The van der Waals surface area contributed by atoms with Crippen LogP contribution >= 0.6 is 11.6 Å². The molecule has 1 aliphatic rings. The van der Waals surface area contributed by atoms with Crippen molar-refractivity contribution in [3.8, 4) is 0 Å². The lowest BCUT2D eigenvalue weighted by Gasteiger charge is -2.26. The minimum Gasteiger partial charge on any atom is -0.342 e. The molecule has 17 heavy (non-hydrogen) atoms. The third-order valence-electron chi connectivity index (χ3n) is 3.63. The first-order valence-electron chi connectivity index (χ1n) is 6.15. The molecule has 3 rings (SSSR count). The number of imidazole rings is 1. The summed E-state index contributed by atoms with van der Waals surface area (Å²) in [6.45, 7) is 0. The number of fused-ring (bicyclic) bond motifs is 1. The molecule has 2 unspecified atom stereocenters. The molecule has 1 aromatic heterocycles. The zero-order valence-electron chi connectivity index (χ0n) is 9.62. The van der Waals surface area contributed by atoms with Gasteiger partial charge in [-0.25, -0.2) is 4.98 Å². The first kappa shape index (κ1) is 11.1. The Morgan fingerprint density at radius 3 is 2.94 bits per heavy atom. The maximum atomic E-state index is 6.18. The van der Waals surface area contributed by atoms with Crippen LogP contribution in [0.15, 0.2) is 18.2 Å². The van der Waals surface area contributed by atoms with E-state index in [4.69, 9.17) is 17.3 Å². The van der Waals surface area contributed by atoms with Crippen LogP contribution in [-0.4, -0.2) is 16.0 Å². The molecule has 90 valence electrons. The Morgan fingerprint density at radius 2 is 2.12 bits per heavy atom. The molecule has 1 saturated carbocycles. The molecular weight excluding hydrogens is 234 g/mol. The normalized spacial score (nSPS) is 25.3. The number of aromatic nitrogens is 2. The van der Waals surface area contributed by atoms with Gasteiger partial charge in [0.1, 0.15) is 5.82 Å². The van der Waals surface area contributed by atoms with Crippen molar-refractivity contribution in [2.75, 3.05) is 0 Å². The number of benzene rings is 1. The summed E-state index contributed by atoms with van der Waals surface area (Å²) < 4.78 is 0. The Hall–Kier alpha value is -1.06. The van der Waals surface area contributed by atoms with Gasteiger partial charge in [-0.1, -0.05) is 24.4 Å². The standard InChI is InChI=1S/C13H16ClN3/c14-8-5-6-11-12(7-8)17-13(16-11)9-3-1-2-4-10(9)15/h5-7,9-10H,1-4,15H2,(H,16,17). The topological polar surface area (TPSA) is 54.7 Å². The van der Waals surface area contributed by atoms with Gasteiger partial charge in [0, 0.05) is 17.0 Å². The fraction of sp³-hybridized carbons (Fsp3) is 0.462. The molecule has 0 radical (unpaired) electrons. The first-order valence-corrected chi connectivity index (χ1v) is 6.52. The molecule has 1 aliphatic carbocycles. The molecule has 1 fully saturated rings. The number of nitrogens with two attached hydrogens (primary N) is 1. The van der Waals surface area contributed by atoms with Crippen molar-refractivity contribution in [1.29, 1.82) is 0 Å². The number of hydrogen-bond acceptors (Lipinski definition) is 2. The predicted octanol–water partition coefficient (Wildman–Crippen LogP) is 3.20. The molecule has 0 saturated heterocycles. The van der Waals surface area contributed by atoms with Gasteiger partial charge in [-0.3, -0.25) is 0 Å². The van der Waals surface area contributed by atoms with Crippen molar-refractivity contribution in [3.05, 3.63) is 29.0 Å². The Kier molecular flexibility index (Phi) is 2.81. The van der Waals surface area contributed by atoms with Crippen LogP contribution in [-0.2, 0) is 0 Å². The van der Waals surface area contributed by atoms with Crippen LogP contribution in [0.5, 0.6) is 0 Å². The Balaban J connectivity index is 1.99. The predicted molar refractivity (Wildman–Crippen MR) is 70.3 cm³/mol. The molecular formula is C13H16ClN3. The second-order valence-corrected chi connectivity index (χ2v) is 5.27. The van der Waals surface area contributed by atoms with E-state index in [0.717, 1.165) is 34.7 Å². The quantitative estimate of drug-likeness (QED) is 0.816. The summed E-state index contributed by atoms with van der Waals surface area (Å²) in [5.74, 6) is 1.39. The number of halogens is 1. The van der Waals surface area contributed by atoms with Crippen molar-refractivity contribution < 1.29 is 0 Å². The summed E-state index contributed by atoms with van der Waals surface area (Å²) >= 11 is 5.97. The number of hydrogen-bond donors (Lipinski definition) is 2. The Morgan fingerprint density at radius 1 is 1.29 bits per heavy atom. The van der Waals surface area contributed by atoms with Crippen LogP contribution in [0.1, 0.15) is 37.4 Å². The fourth-order valence-corrected chi connectivity index (χ4v) is 2.85. The number of nitrogens with zero attached hydrogens (tertiary/aromatic N) is 1. The van der Waals surface area contributed by atoms with Gasteiger partial charge >= 0.3 is 0 Å². The Bertz CT molecular complexity index is 534. The van der Waals surface area contributed by atoms with Crippen LogP contribution in [0.4, 0.5) is 0 Å². The highest BCUT2D eigenvalue weighted by Crippen LogP contribution is 2.31. The molecule has 0 amide bonds. The fourth-order valence-electron chi connectivity index (χ4n) is 2.68. The first-order chi connectivity index (χ1) is 8.24. The largest absolute Gasteiger partial charge is 0.342 e. The molecule has 2 atom stereocenters. The van der Waals surface area contributed by atoms with Crippen LogP contribution in [0.3, 0.4) is 0 Å². The van der Waals surface area contributed by atoms with Gasteiger partial charge in [0.15, 0.2) is 0 Å². The molecule has 3 N–H and O–H groups in total. The Labute approximate surface area is 105 Å². The molecule has 1 aromatic carbocycles. The van der Waals surface area contributed by atoms with E-state index in [1.54, 1.807) is 0 Å². The third-order valence-corrected chi connectivity index (χ3v) is 3.87. The van der Waals surface area contributed by atoms with Crippen molar-refractivity contribution in [1.82, 2.24) is 9.97 Å². The molecule has 2 aromatic rings. The maximum absolute atomic E-state index is 6.18. The van der Waals surface area contributed by atoms with Crippen molar-refractivity contribution in [2.24, 2.45) is 5.73 Å². The summed E-state index contributed by atoms with van der Waals surface area (Å²) in [6.07, 6.45) is 4.72. The SMILES string of the molecule is NC1CCCCC1c1nc2ccc(Cl)cc2[nH]1. The second-order valence-electron chi connectivity index (χ2n) is 4.84. The van der Waals surface area contributed by atoms with Crippen molar-refractivity contribution >= 4 is 22.6 Å². The minimum atomic E-state index is 0.236. The minimum absolute atomic E-state index is 0.236. The van der Waals surface area contributed by atoms with Crippen LogP contribution in [0.25, 0.3) is 11.0 Å². The van der Waals surface area contributed by atoms with Gasteiger partial charge in [0.05, 0.1) is 11.0 Å². The van der Waals surface area contributed by atoms with E-state index in [2.05, 4.69) is 9.97 Å². The molecule has 0 spiro atoms. The van der Waals surface area contributed by atoms with Crippen molar-refractivity contribution in [3.63, 3.8) is 0 Å². The number of H-pyrrole nitrogens is 1. The van der Waals surface area contributed by atoms with E-state index in [1.807, 2.05) is 18.2 Å². The van der Waals surface area contributed by atoms with Crippen LogP contribution in [0, 0.1) is 0 Å². The molecule has 0 aliphatic heterocycles. The lowest BCUT2D eigenvalue weighted by Crippen LogP contribution is -2.31. The van der Waals surface area contributed by atoms with Crippen LogP contribution in [0.2, 0.25) is 5.02 Å². The zero-order valence-corrected chi connectivity index (χ0v) is 10.4. The van der Waals surface area contributed by atoms with E-state index in [9.17, 15) is 0 Å². The summed E-state index contributed by atoms with van der Waals surface area (Å²) in [7, 11) is 0. The van der Waals surface area contributed by atoms with Gasteiger partial charge in [-0.15, -0.1) is 0 Å².